The predicted molar refractivity (Wildman–Crippen MR) is 33.2 cm³/mol. The van der Waals surface area contributed by atoms with Crippen LogP contribution in [0.3, 0.4) is 0 Å². The van der Waals surface area contributed by atoms with E-state index in [1.165, 1.54) is 12.8 Å². The second kappa shape index (κ2) is 5.96. The molecule has 0 bridgehead atoms. The largest absolute Gasteiger partial charge is 0.330 e. The molecule has 2 N–H and O–H groups in total. The maximum atomic E-state index is 6.81. The molecule has 0 fully saturated rings. The highest BCUT2D eigenvalue weighted by atomic mass is 14.5. The molecule has 0 aliphatic rings. The minimum absolute atomic E-state index is 0.574. The lowest BCUT2D eigenvalue weighted by atomic mass is 10.2. The Kier molecular flexibility index (Phi) is 4.35. The van der Waals surface area contributed by atoms with E-state index >= 15 is 0 Å². The highest BCUT2D eigenvalue weighted by molar-refractivity contribution is 4.38. The first kappa shape index (κ1) is 5.10. The number of unbranched alkanes of at least 4 members (excludes halogenated alkanes) is 3. The smallest absolute Gasteiger partial charge is 0.0230 e. The maximum Gasteiger partial charge on any atom is 0.0230 e. The average molecular weight is 103 g/mol. The molecular formula is C6H15N. The van der Waals surface area contributed by atoms with E-state index in [2.05, 4.69) is 0 Å². The SMILES string of the molecule is [3H]CCCCCCN. The average Bonchev–Trinajstić information content (AvgIpc) is 1.81. The molecule has 0 saturated heterocycles. The van der Waals surface area contributed by atoms with E-state index in [0.717, 1.165) is 19.4 Å². The highest BCUT2D eigenvalue weighted by Crippen LogP contribution is 1.95. The van der Waals surface area contributed by atoms with Gasteiger partial charge in [-0.25, -0.2) is 0 Å². The fraction of sp³-hybridized carbons (Fsp3) is 1.00. The van der Waals surface area contributed by atoms with Gasteiger partial charge in [0.15, 0.2) is 0 Å². The third-order valence-corrected chi connectivity index (χ3v) is 0.954. The highest BCUT2D eigenvalue weighted by Gasteiger charge is 1.80. The molecule has 0 radical (unpaired) electrons. The van der Waals surface area contributed by atoms with Crippen LogP contribution in [0.5, 0.6) is 0 Å². The van der Waals surface area contributed by atoms with Crippen LogP contribution < -0.4 is 5.73 Å². The van der Waals surface area contributed by atoms with Crippen LogP contribution in [0.15, 0.2) is 0 Å². The van der Waals surface area contributed by atoms with Crippen LogP contribution in [0.4, 0.5) is 0 Å². The number of hydrogen-bond donors (Lipinski definition) is 1. The second-order valence-corrected chi connectivity index (χ2v) is 1.70. The predicted octanol–water partition coefficient (Wildman–Crippen LogP) is 1.53. The molecule has 1 heteroatoms. The summed E-state index contributed by atoms with van der Waals surface area (Å²) in [6.07, 6.45) is 4.55. The van der Waals surface area contributed by atoms with Crippen molar-refractivity contribution in [3.8, 4) is 0 Å². The fourth-order valence-electron chi connectivity index (χ4n) is 0.498. The molecule has 0 aromatic heterocycles. The lowest BCUT2D eigenvalue weighted by Gasteiger charge is -1.90. The summed E-state index contributed by atoms with van der Waals surface area (Å²) >= 11 is 0. The van der Waals surface area contributed by atoms with Crippen molar-refractivity contribution in [3.63, 3.8) is 0 Å². The van der Waals surface area contributed by atoms with Crippen LogP contribution >= 0.6 is 0 Å². The molecule has 0 aliphatic carbocycles. The lowest BCUT2D eigenvalue weighted by molar-refractivity contribution is 0.674. The third-order valence-electron chi connectivity index (χ3n) is 0.954. The Hall–Kier alpha value is -0.0400. The monoisotopic (exact) mass is 103 g/mol. The Morgan fingerprint density at radius 1 is 1.43 bits per heavy atom. The van der Waals surface area contributed by atoms with Crippen molar-refractivity contribution in [2.75, 3.05) is 6.54 Å². The van der Waals surface area contributed by atoms with E-state index in [1.54, 1.807) is 0 Å². The zero-order chi connectivity index (χ0) is 6.24. The standard InChI is InChI=1S/C6H15N/c1-2-3-4-5-6-7/h2-7H2,1H3/i1T. The minimum Gasteiger partial charge on any atom is -0.330 e. The van der Waals surface area contributed by atoms with Gasteiger partial charge >= 0.3 is 0 Å². The molecule has 1 nitrogen and oxygen atoms in total. The van der Waals surface area contributed by atoms with Gasteiger partial charge in [0.2, 0.25) is 0 Å². The molecule has 0 heterocycles. The number of hydrogen-bond acceptors (Lipinski definition) is 1. The summed E-state index contributed by atoms with van der Waals surface area (Å²) in [7, 11) is 0. The first-order chi connectivity index (χ1) is 3.91. The zero-order valence-electron chi connectivity index (χ0n) is 5.82. The van der Waals surface area contributed by atoms with Crippen LogP contribution in [0.25, 0.3) is 0 Å². The van der Waals surface area contributed by atoms with Gasteiger partial charge in [-0.15, -0.1) is 0 Å². The van der Waals surface area contributed by atoms with E-state index in [-0.39, 0.29) is 0 Å². The summed E-state index contributed by atoms with van der Waals surface area (Å²) in [6, 6.07) is 0. The Morgan fingerprint density at radius 3 is 2.86 bits per heavy atom. The molecule has 0 spiro atoms. The molecule has 0 amide bonds. The van der Waals surface area contributed by atoms with Gasteiger partial charge in [-0.2, -0.15) is 0 Å². The topological polar surface area (TPSA) is 26.0 Å². The van der Waals surface area contributed by atoms with Gasteiger partial charge in [0, 0.05) is 1.37 Å². The van der Waals surface area contributed by atoms with Crippen LogP contribution in [0.1, 0.15) is 34.0 Å². The van der Waals surface area contributed by atoms with Crippen molar-refractivity contribution < 1.29 is 1.37 Å². The molecule has 0 unspecified atom stereocenters. The van der Waals surface area contributed by atoms with Crippen LogP contribution in [-0.2, 0) is 0 Å². The molecule has 7 heavy (non-hydrogen) atoms. The van der Waals surface area contributed by atoms with Crippen molar-refractivity contribution in [1.29, 1.82) is 0 Å². The summed E-state index contributed by atoms with van der Waals surface area (Å²) in [4.78, 5) is 0. The summed E-state index contributed by atoms with van der Waals surface area (Å²) in [5.74, 6) is 0. The van der Waals surface area contributed by atoms with Crippen LogP contribution in [-0.4, -0.2) is 6.54 Å². The van der Waals surface area contributed by atoms with Gasteiger partial charge in [0.25, 0.3) is 0 Å². The second-order valence-electron chi connectivity index (χ2n) is 1.70. The summed E-state index contributed by atoms with van der Waals surface area (Å²) in [5.41, 5.74) is 5.26. The van der Waals surface area contributed by atoms with Crippen molar-refractivity contribution in [3.05, 3.63) is 0 Å². The molecule has 0 atom stereocenters. The van der Waals surface area contributed by atoms with Crippen molar-refractivity contribution >= 4 is 0 Å². The third kappa shape index (κ3) is 5.96. The normalized spacial score (nSPS) is 11.3. The van der Waals surface area contributed by atoms with Crippen molar-refractivity contribution in [1.82, 2.24) is 0 Å². The summed E-state index contributed by atoms with van der Waals surface area (Å²) < 4.78 is 6.81. The zero-order valence-corrected chi connectivity index (χ0v) is 4.82. The molecule has 0 aromatic carbocycles. The number of nitrogens with two attached hydrogens (primary N) is 1. The molecule has 44 valence electrons. The van der Waals surface area contributed by atoms with Gasteiger partial charge in [0.05, 0.1) is 0 Å². The van der Waals surface area contributed by atoms with E-state index in [0.29, 0.717) is 6.90 Å². The van der Waals surface area contributed by atoms with E-state index in [1.807, 2.05) is 0 Å². The van der Waals surface area contributed by atoms with Gasteiger partial charge in [-0.1, -0.05) is 26.2 Å². The first-order valence-electron chi connectivity index (χ1n) is 3.62. The Morgan fingerprint density at radius 2 is 2.29 bits per heavy atom. The molecule has 0 aliphatic heterocycles. The van der Waals surface area contributed by atoms with Gasteiger partial charge < -0.3 is 5.73 Å². The molecular weight excluding hydrogens is 86.1 g/mol. The van der Waals surface area contributed by atoms with Crippen LogP contribution in [0.2, 0.25) is 0 Å². The van der Waals surface area contributed by atoms with Gasteiger partial charge in [-0.05, 0) is 13.0 Å². The van der Waals surface area contributed by atoms with E-state index < -0.39 is 0 Å². The van der Waals surface area contributed by atoms with Crippen LogP contribution in [0, 0.1) is 0 Å². The molecule has 0 rings (SSSR count). The lowest BCUT2D eigenvalue weighted by Crippen LogP contribution is -1.97. The summed E-state index contributed by atoms with van der Waals surface area (Å²) in [6.45, 7) is 1.38. The minimum atomic E-state index is 0.574. The Bertz CT molecular complexity index is 33.5. The number of rotatable bonds is 4. The van der Waals surface area contributed by atoms with E-state index in [4.69, 9.17) is 7.10 Å². The van der Waals surface area contributed by atoms with Gasteiger partial charge in [0.1, 0.15) is 0 Å². The fourth-order valence-corrected chi connectivity index (χ4v) is 0.498. The van der Waals surface area contributed by atoms with Crippen molar-refractivity contribution in [2.24, 2.45) is 5.73 Å². The first-order valence-corrected chi connectivity index (χ1v) is 2.91. The molecule has 0 saturated carbocycles. The summed E-state index contributed by atoms with van der Waals surface area (Å²) in [5, 5.41) is 0. The molecule has 0 aromatic rings. The van der Waals surface area contributed by atoms with E-state index in [9.17, 15) is 0 Å². The Labute approximate surface area is 47.3 Å². The Balaban J connectivity index is 2.53. The maximum absolute atomic E-state index is 6.81. The quantitative estimate of drug-likeness (QED) is 0.536. The van der Waals surface area contributed by atoms with Gasteiger partial charge in [-0.3, -0.25) is 0 Å². The van der Waals surface area contributed by atoms with Crippen molar-refractivity contribution in [2.45, 2.75) is 32.6 Å².